The van der Waals surface area contributed by atoms with Gasteiger partial charge in [-0.3, -0.25) is 9.59 Å². The molecule has 2 heterocycles. The fourth-order valence-corrected chi connectivity index (χ4v) is 4.45. The predicted molar refractivity (Wildman–Crippen MR) is 146 cm³/mol. The number of carbonyl (C=O) groups excluding carboxylic acids is 2. The first kappa shape index (κ1) is 36.7. The van der Waals surface area contributed by atoms with Crippen LogP contribution in [0.3, 0.4) is 0 Å². The van der Waals surface area contributed by atoms with Gasteiger partial charge >= 0.3 is 0 Å². The van der Waals surface area contributed by atoms with Gasteiger partial charge in [0.2, 0.25) is 0 Å². The normalized spacial score (nSPS) is 37.6. The van der Waals surface area contributed by atoms with Crippen molar-refractivity contribution in [3.63, 3.8) is 0 Å². The summed E-state index contributed by atoms with van der Waals surface area (Å²) >= 11 is 0. The molecule has 10 N–H and O–H groups in total. The molecule has 2 unspecified atom stereocenters. The first-order valence-corrected chi connectivity index (χ1v) is 13.2. The van der Waals surface area contributed by atoms with E-state index in [4.69, 9.17) is 19.7 Å². The molecule has 15 heteroatoms. The first-order chi connectivity index (χ1) is 19.9. The van der Waals surface area contributed by atoms with Crippen LogP contribution in [0, 0.1) is 0 Å². The first-order valence-electron chi connectivity index (χ1n) is 13.2. The zero-order chi connectivity index (χ0) is 31.1. The number of allylic oxidation sites excluding steroid dienone is 10. The minimum atomic E-state index is -1.42. The van der Waals surface area contributed by atoms with Crippen molar-refractivity contribution in [2.45, 2.75) is 75.1 Å². The van der Waals surface area contributed by atoms with E-state index in [1.807, 2.05) is 0 Å². The number of rotatable bonds is 6. The number of hydrogen-bond donors (Lipinski definition) is 10. The van der Waals surface area contributed by atoms with Gasteiger partial charge in [-0.15, -0.1) is 0 Å². The van der Waals surface area contributed by atoms with E-state index in [0.29, 0.717) is 11.1 Å². The Labute approximate surface area is 257 Å². The van der Waals surface area contributed by atoms with Crippen molar-refractivity contribution in [1.82, 2.24) is 10.6 Å². The third kappa shape index (κ3) is 9.24. The molecule has 0 amide bonds. The Bertz CT molecular complexity index is 1090. The maximum absolute atomic E-state index is 11.7. The standard InChI is InChI=1S/2C14H19NO6.Ni/c2*1-7-2-3-8(9(17)4-7)5-15-11-13(19)12(18)10(6-16)21-14(11)20;/h2*2-5,10-16,18-20H,6H2,1H3;/b8-5+;8-5-;/t2*10-,11-,12-,13-,14?;/m11./s1. The van der Waals surface area contributed by atoms with E-state index in [9.17, 15) is 40.2 Å². The predicted octanol–water partition coefficient (Wildman–Crippen LogP) is -3.31. The fraction of sp³-hybridized carbons (Fsp3) is 0.500. The third-order valence-corrected chi connectivity index (χ3v) is 7.00. The van der Waals surface area contributed by atoms with E-state index < -0.39 is 74.5 Å². The summed E-state index contributed by atoms with van der Waals surface area (Å²) in [5.74, 6) is -0.394. The molecule has 0 saturated carbocycles. The van der Waals surface area contributed by atoms with Gasteiger partial charge in [-0.2, -0.15) is 0 Å². The van der Waals surface area contributed by atoms with Crippen LogP contribution in [0.1, 0.15) is 13.8 Å². The van der Waals surface area contributed by atoms with Crippen LogP contribution in [0.2, 0.25) is 0 Å². The van der Waals surface area contributed by atoms with Crippen molar-refractivity contribution in [1.29, 1.82) is 0 Å². The molecule has 4 rings (SSSR count). The minimum absolute atomic E-state index is 0. The smallest absolute Gasteiger partial charge is 0.187 e. The van der Waals surface area contributed by atoms with Crippen LogP contribution < -0.4 is 10.6 Å². The Morgan fingerprint density at radius 2 is 1.00 bits per heavy atom. The summed E-state index contributed by atoms with van der Waals surface area (Å²) in [5.41, 5.74) is 2.39. The Hall–Kier alpha value is -2.53. The van der Waals surface area contributed by atoms with Crippen LogP contribution in [-0.2, 0) is 35.6 Å². The zero-order valence-corrected chi connectivity index (χ0v) is 24.3. The number of hydrogen-bond acceptors (Lipinski definition) is 14. The quantitative estimate of drug-likeness (QED) is 0.0999. The summed E-state index contributed by atoms with van der Waals surface area (Å²) in [6.45, 7) is 2.56. The zero-order valence-electron chi connectivity index (χ0n) is 23.3. The Balaban J connectivity index is 0.000000293. The molecule has 2 saturated heterocycles. The summed E-state index contributed by atoms with van der Waals surface area (Å²) in [6.07, 6.45) is 2.07. The van der Waals surface area contributed by atoms with Gasteiger partial charge in [0.05, 0.1) is 13.2 Å². The van der Waals surface area contributed by atoms with Crippen molar-refractivity contribution in [3.05, 3.63) is 71.1 Å². The molecule has 242 valence electrons. The average Bonchev–Trinajstić information content (AvgIpc) is 2.94. The Morgan fingerprint density at radius 1 is 0.651 bits per heavy atom. The van der Waals surface area contributed by atoms with Gasteiger partial charge in [0.25, 0.3) is 0 Å². The molecule has 2 aliphatic carbocycles. The van der Waals surface area contributed by atoms with Crippen molar-refractivity contribution in [2.24, 2.45) is 0 Å². The van der Waals surface area contributed by atoms with Crippen molar-refractivity contribution in [2.75, 3.05) is 13.2 Å². The summed E-state index contributed by atoms with van der Waals surface area (Å²) in [5, 5.41) is 82.3. The third-order valence-electron chi connectivity index (χ3n) is 7.00. The summed E-state index contributed by atoms with van der Waals surface area (Å²) in [4.78, 5) is 23.5. The van der Waals surface area contributed by atoms with Crippen LogP contribution in [0.4, 0.5) is 0 Å². The van der Waals surface area contributed by atoms with Gasteiger partial charge in [0.1, 0.15) is 48.7 Å². The molecule has 2 fully saturated rings. The molecule has 0 aromatic heterocycles. The molecule has 0 spiro atoms. The number of ketones is 2. The molecule has 0 aromatic carbocycles. The van der Waals surface area contributed by atoms with Crippen LogP contribution in [0.15, 0.2) is 71.1 Å². The summed E-state index contributed by atoms with van der Waals surface area (Å²) in [7, 11) is 0. The van der Waals surface area contributed by atoms with Gasteiger partial charge < -0.3 is 61.0 Å². The van der Waals surface area contributed by atoms with Crippen molar-refractivity contribution >= 4 is 11.6 Å². The van der Waals surface area contributed by atoms with E-state index in [1.165, 1.54) is 24.6 Å². The van der Waals surface area contributed by atoms with E-state index in [1.54, 1.807) is 38.2 Å². The van der Waals surface area contributed by atoms with E-state index >= 15 is 0 Å². The monoisotopic (exact) mass is 652 g/mol. The molecular weight excluding hydrogens is 615 g/mol. The second-order valence-electron chi connectivity index (χ2n) is 10.2. The summed E-state index contributed by atoms with van der Waals surface area (Å²) < 4.78 is 10.0. The fourth-order valence-electron chi connectivity index (χ4n) is 4.45. The molecule has 0 aromatic rings. The second kappa shape index (κ2) is 16.5. The SMILES string of the molecule is CC1=CC(=O)/C(=C/N[C@H]2C(O)O[C@H](CO)[C@@H](O)[C@@H]2O)C=C1.CC1=CC(=O)/C(=C\N[C@H]2C(O)O[C@H](CO)[C@@H](O)[C@@H]2O)C=C1.[Ni]. The molecule has 2 aliphatic heterocycles. The maximum Gasteiger partial charge on any atom is 0.187 e. The van der Waals surface area contributed by atoms with E-state index in [-0.39, 0.29) is 28.1 Å². The Morgan fingerprint density at radius 3 is 1.30 bits per heavy atom. The minimum Gasteiger partial charge on any atom is -0.394 e. The topological polar surface area (TPSA) is 238 Å². The Kier molecular flexibility index (Phi) is 14.1. The van der Waals surface area contributed by atoms with Crippen LogP contribution in [-0.4, -0.2) is 127 Å². The molecule has 43 heavy (non-hydrogen) atoms. The van der Waals surface area contributed by atoms with E-state index in [0.717, 1.165) is 11.1 Å². The van der Waals surface area contributed by atoms with Gasteiger partial charge in [-0.25, -0.2) is 0 Å². The molecule has 0 radical (unpaired) electrons. The molecule has 10 atom stereocenters. The molecular formula is C28H38N2NiO12. The second-order valence-corrected chi connectivity index (χ2v) is 10.2. The molecule has 0 bridgehead atoms. The van der Waals surface area contributed by atoms with Crippen LogP contribution >= 0.6 is 0 Å². The summed E-state index contributed by atoms with van der Waals surface area (Å²) in [6, 6.07) is -2.02. The van der Waals surface area contributed by atoms with Crippen LogP contribution in [0.5, 0.6) is 0 Å². The average molecular weight is 653 g/mol. The molecule has 4 aliphatic rings. The van der Waals surface area contributed by atoms with E-state index in [2.05, 4.69) is 10.6 Å². The number of ether oxygens (including phenoxy) is 2. The number of nitrogens with one attached hydrogen (secondary N) is 2. The van der Waals surface area contributed by atoms with Gasteiger partial charge in [-0.05, 0) is 49.3 Å². The van der Waals surface area contributed by atoms with Gasteiger partial charge in [0.15, 0.2) is 24.1 Å². The maximum atomic E-state index is 11.7. The largest absolute Gasteiger partial charge is 0.394 e. The van der Waals surface area contributed by atoms with Crippen LogP contribution in [0.25, 0.3) is 0 Å². The van der Waals surface area contributed by atoms with Gasteiger partial charge in [-0.1, -0.05) is 12.2 Å². The van der Waals surface area contributed by atoms with Crippen molar-refractivity contribution < 1.29 is 76.4 Å². The molecule has 14 nitrogen and oxygen atoms in total. The number of carbonyl (C=O) groups is 2. The van der Waals surface area contributed by atoms with Crippen molar-refractivity contribution in [3.8, 4) is 0 Å². The number of aliphatic hydroxyl groups excluding tert-OH is 8. The van der Waals surface area contributed by atoms with Gasteiger partial charge in [0, 0.05) is 40.0 Å². The number of aliphatic hydroxyl groups is 8.